The molecule has 1 rings (SSSR count). The van der Waals surface area contributed by atoms with Gasteiger partial charge in [-0.3, -0.25) is 10.1 Å². The normalized spacial score (nSPS) is 14.3. The summed E-state index contributed by atoms with van der Waals surface area (Å²) < 4.78 is 0. The molecule has 0 radical (unpaired) electrons. The molecule has 0 fully saturated rings. The molecule has 1 aromatic rings. The Balaban J connectivity index is 3.03. The van der Waals surface area contributed by atoms with Crippen molar-refractivity contribution in [2.75, 3.05) is 6.61 Å². The molecule has 7 heteroatoms. The van der Waals surface area contributed by atoms with Gasteiger partial charge in [0.1, 0.15) is 11.9 Å². The number of nitrogens with zero attached hydrogens (tertiary/aromatic N) is 1. The summed E-state index contributed by atoms with van der Waals surface area (Å²) in [4.78, 5) is 9.85. The number of hydrogen-bond acceptors (Lipinski definition) is 6. The van der Waals surface area contributed by atoms with E-state index in [1.54, 1.807) is 0 Å². The standard InChI is InChI=1S/C10H13NO6/c12-4-3-9(14)10(15)7-5-6(11(16)17)1-2-8(7)13/h1-2,5,9-10,12-15H,3-4H2. The highest BCUT2D eigenvalue weighted by Gasteiger charge is 2.23. The van der Waals surface area contributed by atoms with Gasteiger partial charge in [-0.1, -0.05) is 0 Å². The largest absolute Gasteiger partial charge is 0.508 e. The number of aromatic hydroxyl groups is 1. The second kappa shape index (κ2) is 5.58. The third kappa shape index (κ3) is 3.13. The molecule has 0 spiro atoms. The smallest absolute Gasteiger partial charge is 0.270 e. The summed E-state index contributed by atoms with van der Waals surface area (Å²) in [5.41, 5.74) is -0.437. The summed E-state index contributed by atoms with van der Waals surface area (Å²) in [6.45, 7) is -0.339. The Kier molecular flexibility index (Phi) is 4.38. The molecule has 4 N–H and O–H groups in total. The first-order chi connectivity index (χ1) is 7.97. The zero-order valence-corrected chi connectivity index (χ0v) is 8.85. The molecule has 0 bridgehead atoms. The van der Waals surface area contributed by atoms with Crippen LogP contribution in [0.3, 0.4) is 0 Å². The van der Waals surface area contributed by atoms with Gasteiger partial charge in [-0.25, -0.2) is 0 Å². The van der Waals surface area contributed by atoms with E-state index in [4.69, 9.17) is 5.11 Å². The Labute approximate surface area is 96.7 Å². The van der Waals surface area contributed by atoms with Crippen LogP contribution in [0.25, 0.3) is 0 Å². The van der Waals surface area contributed by atoms with Gasteiger partial charge in [-0.15, -0.1) is 0 Å². The number of nitro benzene ring substituents is 1. The van der Waals surface area contributed by atoms with Crippen LogP contribution >= 0.6 is 0 Å². The van der Waals surface area contributed by atoms with Crippen molar-refractivity contribution in [1.82, 2.24) is 0 Å². The van der Waals surface area contributed by atoms with E-state index in [0.717, 1.165) is 18.2 Å². The molecule has 1 aromatic carbocycles. The molecule has 0 heterocycles. The maximum Gasteiger partial charge on any atom is 0.270 e. The zero-order chi connectivity index (χ0) is 13.0. The Morgan fingerprint density at radius 3 is 2.53 bits per heavy atom. The van der Waals surface area contributed by atoms with E-state index in [0.29, 0.717) is 0 Å². The Morgan fingerprint density at radius 2 is 2.00 bits per heavy atom. The maximum atomic E-state index is 10.5. The van der Waals surface area contributed by atoms with Crippen LogP contribution in [0.1, 0.15) is 18.1 Å². The Hall–Kier alpha value is -1.70. The van der Waals surface area contributed by atoms with Crippen molar-refractivity contribution in [2.45, 2.75) is 18.6 Å². The number of aliphatic hydroxyl groups excluding tert-OH is 3. The lowest BCUT2D eigenvalue weighted by atomic mass is 10.0. The number of hydrogen-bond donors (Lipinski definition) is 4. The fraction of sp³-hybridized carbons (Fsp3) is 0.400. The van der Waals surface area contributed by atoms with Crippen LogP contribution in [-0.2, 0) is 0 Å². The zero-order valence-electron chi connectivity index (χ0n) is 8.85. The SMILES string of the molecule is O=[N+]([O-])c1ccc(O)c(C(O)C(O)CCO)c1. The highest BCUT2D eigenvalue weighted by molar-refractivity contribution is 5.44. The summed E-state index contributed by atoms with van der Waals surface area (Å²) in [5.74, 6) is -0.347. The van der Waals surface area contributed by atoms with Gasteiger partial charge in [0.2, 0.25) is 0 Å². The van der Waals surface area contributed by atoms with Crippen molar-refractivity contribution < 1.29 is 25.3 Å². The van der Waals surface area contributed by atoms with Crippen LogP contribution in [0, 0.1) is 10.1 Å². The van der Waals surface area contributed by atoms with Gasteiger partial charge < -0.3 is 20.4 Å². The minimum Gasteiger partial charge on any atom is -0.508 e. The lowest BCUT2D eigenvalue weighted by Crippen LogP contribution is -2.19. The average Bonchev–Trinajstić information content (AvgIpc) is 2.28. The van der Waals surface area contributed by atoms with Gasteiger partial charge in [-0.05, 0) is 12.5 Å². The monoisotopic (exact) mass is 243 g/mol. The highest BCUT2D eigenvalue weighted by Crippen LogP contribution is 2.30. The van der Waals surface area contributed by atoms with Crippen LogP contribution in [0.5, 0.6) is 5.75 Å². The first kappa shape index (κ1) is 13.4. The Morgan fingerprint density at radius 1 is 1.35 bits per heavy atom. The van der Waals surface area contributed by atoms with E-state index in [2.05, 4.69) is 0 Å². The van der Waals surface area contributed by atoms with Gasteiger partial charge in [0, 0.05) is 24.3 Å². The first-order valence-electron chi connectivity index (χ1n) is 4.91. The minimum atomic E-state index is -1.48. The fourth-order valence-electron chi connectivity index (χ4n) is 1.39. The highest BCUT2D eigenvalue weighted by atomic mass is 16.6. The predicted octanol–water partition coefficient (Wildman–Crippen LogP) is 0.0771. The van der Waals surface area contributed by atoms with Crippen molar-refractivity contribution in [2.24, 2.45) is 0 Å². The van der Waals surface area contributed by atoms with Crippen LogP contribution in [0.2, 0.25) is 0 Å². The second-order valence-electron chi connectivity index (χ2n) is 3.52. The molecule has 0 aliphatic carbocycles. The van der Waals surface area contributed by atoms with Crippen LogP contribution < -0.4 is 0 Å². The first-order valence-corrected chi connectivity index (χ1v) is 4.91. The number of aliphatic hydroxyl groups is 3. The van der Waals surface area contributed by atoms with E-state index in [-0.39, 0.29) is 30.0 Å². The molecule has 0 aromatic heterocycles. The van der Waals surface area contributed by atoms with Crippen LogP contribution in [-0.4, -0.2) is 38.1 Å². The van der Waals surface area contributed by atoms with Gasteiger partial charge >= 0.3 is 0 Å². The third-order valence-corrected chi connectivity index (χ3v) is 2.33. The molecule has 2 atom stereocenters. The fourth-order valence-corrected chi connectivity index (χ4v) is 1.39. The van der Waals surface area contributed by atoms with Crippen LogP contribution in [0.15, 0.2) is 18.2 Å². The van der Waals surface area contributed by atoms with Gasteiger partial charge in [0.15, 0.2) is 0 Å². The van der Waals surface area contributed by atoms with Gasteiger partial charge in [0.05, 0.1) is 11.0 Å². The third-order valence-electron chi connectivity index (χ3n) is 2.33. The molecular weight excluding hydrogens is 230 g/mol. The number of rotatable bonds is 5. The van der Waals surface area contributed by atoms with E-state index in [1.807, 2.05) is 0 Å². The summed E-state index contributed by atoms with van der Waals surface area (Å²) in [7, 11) is 0. The van der Waals surface area contributed by atoms with Crippen molar-refractivity contribution in [1.29, 1.82) is 0 Å². The number of nitro groups is 1. The lowest BCUT2D eigenvalue weighted by Gasteiger charge is -2.17. The summed E-state index contributed by atoms with van der Waals surface area (Å²) in [5, 5.41) is 47.7. The molecule has 2 unspecified atom stereocenters. The van der Waals surface area contributed by atoms with Crippen molar-refractivity contribution >= 4 is 5.69 Å². The summed E-state index contributed by atoms with van der Waals surface area (Å²) in [6.07, 6.45) is -2.88. The van der Waals surface area contributed by atoms with Crippen LogP contribution in [0.4, 0.5) is 5.69 Å². The summed E-state index contributed by atoms with van der Waals surface area (Å²) >= 11 is 0. The molecule has 0 aliphatic rings. The molecule has 17 heavy (non-hydrogen) atoms. The number of benzene rings is 1. The molecule has 0 saturated carbocycles. The van der Waals surface area contributed by atoms with Gasteiger partial charge in [-0.2, -0.15) is 0 Å². The lowest BCUT2D eigenvalue weighted by molar-refractivity contribution is -0.385. The quantitative estimate of drug-likeness (QED) is 0.428. The average molecular weight is 243 g/mol. The van der Waals surface area contributed by atoms with Crippen molar-refractivity contribution in [3.05, 3.63) is 33.9 Å². The summed E-state index contributed by atoms with van der Waals surface area (Å²) in [6, 6.07) is 3.15. The number of phenolic OH excluding ortho intramolecular Hbond substituents is 1. The molecule has 0 saturated heterocycles. The van der Waals surface area contributed by atoms with E-state index in [9.17, 15) is 25.4 Å². The molecule has 94 valence electrons. The van der Waals surface area contributed by atoms with E-state index < -0.39 is 17.1 Å². The Bertz CT molecular complexity index is 408. The topological polar surface area (TPSA) is 124 Å². The number of non-ortho nitro benzene ring substituents is 1. The maximum absolute atomic E-state index is 10.5. The van der Waals surface area contributed by atoms with Crippen molar-refractivity contribution in [3.8, 4) is 5.75 Å². The van der Waals surface area contributed by atoms with Crippen molar-refractivity contribution in [3.63, 3.8) is 0 Å². The number of phenols is 1. The second-order valence-corrected chi connectivity index (χ2v) is 3.52. The minimum absolute atomic E-state index is 0.0939. The van der Waals surface area contributed by atoms with E-state index >= 15 is 0 Å². The molecule has 0 amide bonds. The predicted molar refractivity (Wildman–Crippen MR) is 57.4 cm³/mol. The van der Waals surface area contributed by atoms with Gasteiger partial charge in [0.25, 0.3) is 5.69 Å². The molecular formula is C10H13NO6. The molecule has 7 nitrogen and oxygen atoms in total. The molecule has 0 aliphatic heterocycles. The van der Waals surface area contributed by atoms with E-state index in [1.165, 1.54) is 0 Å².